The van der Waals surface area contributed by atoms with Gasteiger partial charge in [0.15, 0.2) is 0 Å². The zero-order chi connectivity index (χ0) is 25.4. The van der Waals surface area contributed by atoms with Crippen LogP contribution in [0.1, 0.15) is 42.4 Å². The van der Waals surface area contributed by atoms with E-state index in [2.05, 4.69) is 17.4 Å². The minimum absolute atomic E-state index is 0.000791. The predicted molar refractivity (Wildman–Crippen MR) is 140 cm³/mol. The molecule has 3 rings (SSSR count). The molecule has 190 valence electrons. The van der Waals surface area contributed by atoms with Gasteiger partial charge in [-0.15, -0.1) is 0 Å². The number of carboxylic acids is 1. The van der Waals surface area contributed by atoms with Crippen molar-refractivity contribution in [3.05, 3.63) is 102 Å². The standard InChI is InChI=1S/C30H35NO5/c32-29(19-21-35-20-7-12-24-8-3-1-4-9-24)31-27(15-18-30(33)34)22-25-13-16-28(17-14-25)36-23-26-10-5-2-6-11-26/h1-6,8-11,13-14,16-17,27H,7,12,15,18-23H2,(H,31,32)(H,33,34). The van der Waals surface area contributed by atoms with Crippen LogP contribution in [0.5, 0.6) is 5.75 Å². The van der Waals surface area contributed by atoms with E-state index in [1.165, 1.54) is 5.56 Å². The lowest BCUT2D eigenvalue weighted by molar-refractivity contribution is -0.137. The lowest BCUT2D eigenvalue weighted by atomic mass is 10.0. The number of nitrogens with one attached hydrogen (secondary N) is 1. The Labute approximate surface area is 213 Å². The van der Waals surface area contributed by atoms with Gasteiger partial charge in [-0.05, 0) is 54.5 Å². The van der Waals surface area contributed by atoms with Crippen molar-refractivity contribution >= 4 is 11.9 Å². The molecule has 0 aliphatic carbocycles. The van der Waals surface area contributed by atoms with E-state index in [0.717, 1.165) is 29.7 Å². The van der Waals surface area contributed by atoms with Gasteiger partial charge in [0.1, 0.15) is 12.4 Å². The van der Waals surface area contributed by atoms with Crippen LogP contribution in [0.25, 0.3) is 0 Å². The minimum Gasteiger partial charge on any atom is -0.489 e. The molecule has 0 heterocycles. The van der Waals surface area contributed by atoms with Crippen molar-refractivity contribution < 1.29 is 24.2 Å². The molecular formula is C30H35NO5. The molecule has 0 spiro atoms. The van der Waals surface area contributed by atoms with E-state index in [1.54, 1.807) is 0 Å². The van der Waals surface area contributed by atoms with Crippen molar-refractivity contribution in [2.24, 2.45) is 0 Å². The fourth-order valence-electron chi connectivity index (χ4n) is 3.86. The summed E-state index contributed by atoms with van der Waals surface area (Å²) in [5, 5.41) is 12.1. The van der Waals surface area contributed by atoms with Gasteiger partial charge in [-0.25, -0.2) is 0 Å². The number of benzene rings is 3. The third-order valence-corrected chi connectivity index (χ3v) is 5.80. The molecule has 2 N–H and O–H groups in total. The first-order valence-electron chi connectivity index (χ1n) is 12.5. The highest BCUT2D eigenvalue weighted by Crippen LogP contribution is 2.16. The second-order valence-electron chi connectivity index (χ2n) is 8.77. The Bertz CT molecular complexity index is 1040. The summed E-state index contributed by atoms with van der Waals surface area (Å²) in [4.78, 5) is 23.6. The summed E-state index contributed by atoms with van der Waals surface area (Å²) >= 11 is 0. The molecule has 0 aliphatic rings. The summed E-state index contributed by atoms with van der Waals surface area (Å²) in [6.07, 6.45) is 3.01. The Hall–Kier alpha value is -3.64. The molecule has 36 heavy (non-hydrogen) atoms. The molecule has 6 nitrogen and oxygen atoms in total. The number of aryl methyl sites for hydroxylation is 1. The van der Waals surface area contributed by atoms with Crippen LogP contribution in [0.3, 0.4) is 0 Å². The molecule has 0 saturated carbocycles. The number of aliphatic carboxylic acids is 1. The third kappa shape index (κ3) is 10.7. The summed E-state index contributed by atoms with van der Waals surface area (Å²) < 4.78 is 11.5. The van der Waals surface area contributed by atoms with E-state index in [1.807, 2.05) is 72.8 Å². The number of rotatable bonds is 16. The Morgan fingerprint density at radius 3 is 2.11 bits per heavy atom. The van der Waals surface area contributed by atoms with Gasteiger partial charge >= 0.3 is 5.97 Å². The third-order valence-electron chi connectivity index (χ3n) is 5.80. The second-order valence-corrected chi connectivity index (χ2v) is 8.77. The van der Waals surface area contributed by atoms with E-state index < -0.39 is 5.97 Å². The van der Waals surface area contributed by atoms with Gasteiger partial charge in [-0.1, -0.05) is 72.8 Å². The molecule has 0 bridgehead atoms. The highest BCUT2D eigenvalue weighted by atomic mass is 16.5. The van der Waals surface area contributed by atoms with Crippen molar-refractivity contribution in [1.82, 2.24) is 5.32 Å². The number of hydrogen-bond donors (Lipinski definition) is 2. The SMILES string of the molecule is O=C(O)CCC(Cc1ccc(OCc2ccccc2)cc1)NC(=O)CCOCCCc1ccccc1. The van der Waals surface area contributed by atoms with Crippen molar-refractivity contribution in [3.8, 4) is 5.75 Å². The molecule has 1 amide bonds. The number of ether oxygens (including phenoxy) is 2. The maximum Gasteiger partial charge on any atom is 0.303 e. The first-order chi connectivity index (χ1) is 17.6. The van der Waals surface area contributed by atoms with Gasteiger partial charge in [0.2, 0.25) is 5.91 Å². The minimum atomic E-state index is -0.874. The molecule has 1 atom stereocenters. The molecule has 0 aliphatic heterocycles. The van der Waals surface area contributed by atoms with Crippen LogP contribution in [0, 0.1) is 0 Å². The molecule has 0 radical (unpaired) electrons. The number of carbonyl (C=O) groups excluding carboxylic acids is 1. The summed E-state index contributed by atoms with van der Waals surface area (Å²) in [5.41, 5.74) is 3.38. The van der Waals surface area contributed by atoms with Crippen LogP contribution in [0.15, 0.2) is 84.9 Å². The van der Waals surface area contributed by atoms with Crippen LogP contribution in [0.2, 0.25) is 0 Å². The van der Waals surface area contributed by atoms with Crippen LogP contribution in [0.4, 0.5) is 0 Å². The van der Waals surface area contributed by atoms with Crippen molar-refractivity contribution in [2.45, 2.75) is 51.2 Å². The predicted octanol–water partition coefficient (Wildman–Crippen LogP) is 5.20. The monoisotopic (exact) mass is 489 g/mol. The summed E-state index contributed by atoms with van der Waals surface area (Å²) in [5.74, 6) is -0.241. The summed E-state index contributed by atoms with van der Waals surface area (Å²) in [7, 11) is 0. The molecule has 3 aromatic rings. The van der Waals surface area contributed by atoms with Gasteiger partial charge in [0.25, 0.3) is 0 Å². The van der Waals surface area contributed by atoms with E-state index in [0.29, 0.717) is 32.7 Å². The summed E-state index contributed by atoms with van der Waals surface area (Å²) in [6, 6.07) is 27.6. The molecule has 1 unspecified atom stereocenters. The smallest absolute Gasteiger partial charge is 0.303 e. The van der Waals surface area contributed by atoms with Crippen LogP contribution >= 0.6 is 0 Å². The first kappa shape index (κ1) is 27.0. The normalized spacial score (nSPS) is 11.6. The number of carbonyl (C=O) groups is 2. The average molecular weight is 490 g/mol. The zero-order valence-electron chi connectivity index (χ0n) is 20.6. The Morgan fingerprint density at radius 1 is 0.778 bits per heavy atom. The lowest BCUT2D eigenvalue weighted by Crippen LogP contribution is -2.37. The van der Waals surface area contributed by atoms with Gasteiger partial charge in [0.05, 0.1) is 6.61 Å². The van der Waals surface area contributed by atoms with Crippen LogP contribution in [-0.4, -0.2) is 36.2 Å². The van der Waals surface area contributed by atoms with Gasteiger partial charge in [-0.2, -0.15) is 0 Å². The van der Waals surface area contributed by atoms with Gasteiger partial charge in [0, 0.05) is 25.5 Å². The Balaban J connectivity index is 1.40. The zero-order valence-corrected chi connectivity index (χ0v) is 20.6. The molecule has 0 aromatic heterocycles. The van der Waals surface area contributed by atoms with Crippen molar-refractivity contribution in [3.63, 3.8) is 0 Å². The van der Waals surface area contributed by atoms with Crippen molar-refractivity contribution in [2.75, 3.05) is 13.2 Å². The second kappa shape index (κ2) is 15.4. The first-order valence-corrected chi connectivity index (χ1v) is 12.5. The van der Waals surface area contributed by atoms with E-state index in [-0.39, 0.29) is 24.8 Å². The molecular weight excluding hydrogens is 454 g/mol. The quantitative estimate of drug-likeness (QED) is 0.270. The maximum atomic E-state index is 12.5. The Morgan fingerprint density at radius 2 is 1.44 bits per heavy atom. The fourth-order valence-corrected chi connectivity index (χ4v) is 3.86. The Kier molecular flexibility index (Phi) is 11.5. The van der Waals surface area contributed by atoms with Gasteiger partial charge in [-0.3, -0.25) is 9.59 Å². The number of amides is 1. The maximum absolute atomic E-state index is 12.5. The summed E-state index contributed by atoms with van der Waals surface area (Å²) in [6.45, 7) is 1.44. The van der Waals surface area contributed by atoms with Crippen molar-refractivity contribution in [1.29, 1.82) is 0 Å². The number of hydrogen-bond acceptors (Lipinski definition) is 4. The van der Waals surface area contributed by atoms with E-state index in [9.17, 15) is 9.59 Å². The fraction of sp³-hybridized carbons (Fsp3) is 0.333. The molecule has 0 fully saturated rings. The van der Waals surface area contributed by atoms with E-state index >= 15 is 0 Å². The molecule has 3 aromatic carbocycles. The molecule has 6 heteroatoms. The van der Waals surface area contributed by atoms with E-state index in [4.69, 9.17) is 14.6 Å². The molecule has 0 saturated heterocycles. The highest BCUT2D eigenvalue weighted by Gasteiger charge is 2.15. The topological polar surface area (TPSA) is 84.9 Å². The lowest BCUT2D eigenvalue weighted by Gasteiger charge is -2.19. The van der Waals surface area contributed by atoms with Crippen LogP contribution < -0.4 is 10.1 Å². The largest absolute Gasteiger partial charge is 0.489 e. The van der Waals surface area contributed by atoms with Crippen LogP contribution in [-0.2, 0) is 33.8 Å². The highest BCUT2D eigenvalue weighted by molar-refractivity contribution is 5.76. The average Bonchev–Trinajstić information content (AvgIpc) is 2.90. The van der Waals surface area contributed by atoms with Gasteiger partial charge < -0.3 is 19.9 Å². The number of carboxylic acid groups (broad SMARTS) is 1.